The average Bonchev–Trinajstić information content (AvgIpc) is 2.83. The lowest BCUT2D eigenvalue weighted by Crippen LogP contribution is -2.21. The van der Waals surface area contributed by atoms with Gasteiger partial charge < -0.3 is 10.4 Å². The zero-order valence-electron chi connectivity index (χ0n) is 11.3. The summed E-state index contributed by atoms with van der Waals surface area (Å²) in [5.41, 5.74) is -0.505. The van der Waals surface area contributed by atoms with Gasteiger partial charge in [-0.25, -0.2) is 4.98 Å². The Kier molecular flexibility index (Phi) is 4.97. The Bertz CT molecular complexity index is 598. The minimum Gasteiger partial charge on any atom is -0.387 e. The Morgan fingerprint density at radius 2 is 2.14 bits per heavy atom. The van der Waals surface area contributed by atoms with Crippen molar-refractivity contribution in [2.24, 2.45) is 0 Å². The number of nitrogens with one attached hydrogen (secondary N) is 1. The molecule has 2 rings (SSSR count). The zero-order chi connectivity index (χ0) is 15.5. The van der Waals surface area contributed by atoms with Gasteiger partial charge in [0, 0.05) is 24.2 Å². The third-order valence-corrected chi connectivity index (χ3v) is 3.82. The Labute approximate surface area is 124 Å². The highest BCUT2D eigenvalue weighted by atomic mass is 32.1. The van der Waals surface area contributed by atoms with E-state index in [2.05, 4.69) is 10.3 Å². The van der Waals surface area contributed by atoms with Gasteiger partial charge in [-0.3, -0.25) is 0 Å². The van der Waals surface area contributed by atoms with Gasteiger partial charge in [0.15, 0.2) is 0 Å². The third-order valence-electron chi connectivity index (χ3n) is 2.90. The molecule has 0 saturated carbocycles. The number of hydrogen-bond donors (Lipinski definition) is 2. The largest absolute Gasteiger partial charge is 0.416 e. The predicted octanol–water partition coefficient (Wildman–Crippen LogP) is 3.29. The Hall–Kier alpha value is -1.44. The highest BCUT2D eigenvalue weighted by Gasteiger charge is 2.30. The van der Waals surface area contributed by atoms with Crippen molar-refractivity contribution < 1.29 is 18.3 Å². The van der Waals surface area contributed by atoms with Gasteiger partial charge in [-0.1, -0.05) is 12.1 Å². The first-order valence-corrected chi connectivity index (χ1v) is 7.15. The van der Waals surface area contributed by atoms with E-state index in [0.29, 0.717) is 6.54 Å². The van der Waals surface area contributed by atoms with E-state index in [0.717, 1.165) is 22.0 Å². The number of nitrogens with zero attached hydrogens (tertiary/aromatic N) is 1. The Morgan fingerprint density at radius 1 is 1.38 bits per heavy atom. The molecule has 114 valence electrons. The monoisotopic (exact) mass is 316 g/mol. The maximum Gasteiger partial charge on any atom is 0.416 e. The summed E-state index contributed by atoms with van der Waals surface area (Å²) in [6, 6.07) is 4.75. The van der Waals surface area contributed by atoms with Crippen molar-refractivity contribution >= 4 is 11.3 Å². The van der Waals surface area contributed by atoms with Gasteiger partial charge in [-0.2, -0.15) is 13.2 Å². The molecule has 0 fully saturated rings. The molecule has 0 amide bonds. The number of rotatable bonds is 5. The van der Waals surface area contributed by atoms with Gasteiger partial charge in [0.25, 0.3) is 0 Å². The quantitative estimate of drug-likeness (QED) is 0.890. The minimum atomic E-state index is -4.40. The highest BCUT2D eigenvalue weighted by Crippen LogP contribution is 2.30. The molecule has 1 atom stereocenters. The molecule has 1 unspecified atom stereocenters. The molecule has 0 bridgehead atoms. The number of aliphatic hydroxyl groups is 1. The number of benzene rings is 1. The number of aryl methyl sites for hydroxylation is 1. The lowest BCUT2D eigenvalue weighted by Gasteiger charge is -2.14. The van der Waals surface area contributed by atoms with Crippen LogP contribution in [0.3, 0.4) is 0 Å². The Balaban J connectivity index is 1.92. The standard InChI is InChI=1S/C14H15F3N2OS/c1-9-19-7-12(21-9)6-18-8-13(20)10-3-2-4-11(5-10)14(15,16)17/h2-5,7,13,18,20H,6,8H2,1H3. The lowest BCUT2D eigenvalue weighted by atomic mass is 10.1. The molecule has 1 aromatic heterocycles. The van der Waals surface area contributed by atoms with Crippen LogP contribution in [0.15, 0.2) is 30.5 Å². The number of thiazole rings is 1. The van der Waals surface area contributed by atoms with E-state index in [-0.39, 0.29) is 12.1 Å². The maximum absolute atomic E-state index is 12.6. The number of aromatic nitrogens is 1. The first-order valence-electron chi connectivity index (χ1n) is 6.33. The summed E-state index contributed by atoms with van der Waals surface area (Å²) in [5, 5.41) is 13.9. The number of hydrogen-bond acceptors (Lipinski definition) is 4. The second-order valence-electron chi connectivity index (χ2n) is 4.62. The molecule has 0 saturated heterocycles. The lowest BCUT2D eigenvalue weighted by molar-refractivity contribution is -0.137. The second kappa shape index (κ2) is 6.55. The van der Waals surface area contributed by atoms with Crippen molar-refractivity contribution in [3.63, 3.8) is 0 Å². The van der Waals surface area contributed by atoms with Crippen LogP contribution in [-0.4, -0.2) is 16.6 Å². The van der Waals surface area contributed by atoms with Crippen LogP contribution in [0.25, 0.3) is 0 Å². The van der Waals surface area contributed by atoms with E-state index in [1.165, 1.54) is 23.5 Å². The van der Waals surface area contributed by atoms with Crippen LogP contribution in [0.5, 0.6) is 0 Å². The van der Waals surface area contributed by atoms with Gasteiger partial charge in [-0.15, -0.1) is 11.3 Å². The van der Waals surface area contributed by atoms with Crippen molar-refractivity contribution in [2.45, 2.75) is 25.7 Å². The van der Waals surface area contributed by atoms with E-state index >= 15 is 0 Å². The van der Waals surface area contributed by atoms with E-state index < -0.39 is 17.8 Å². The summed E-state index contributed by atoms with van der Waals surface area (Å²) in [6.45, 7) is 2.60. The smallest absolute Gasteiger partial charge is 0.387 e. The fourth-order valence-electron chi connectivity index (χ4n) is 1.86. The molecule has 21 heavy (non-hydrogen) atoms. The van der Waals surface area contributed by atoms with Crippen LogP contribution in [0.2, 0.25) is 0 Å². The van der Waals surface area contributed by atoms with Crippen LogP contribution in [-0.2, 0) is 12.7 Å². The summed E-state index contributed by atoms with van der Waals surface area (Å²) in [5.74, 6) is 0. The molecule has 1 aromatic carbocycles. The maximum atomic E-state index is 12.6. The van der Waals surface area contributed by atoms with Gasteiger partial charge in [0.05, 0.1) is 16.7 Å². The molecule has 0 spiro atoms. The summed E-state index contributed by atoms with van der Waals surface area (Å²) >= 11 is 1.54. The fourth-order valence-corrected chi connectivity index (χ4v) is 2.62. The third kappa shape index (κ3) is 4.52. The summed E-state index contributed by atoms with van der Waals surface area (Å²) < 4.78 is 37.8. The molecule has 7 heteroatoms. The first-order chi connectivity index (χ1) is 9.86. The minimum absolute atomic E-state index is 0.179. The number of aliphatic hydroxyl groups excluding tert-OH is 1. The van der Waals surface area contributed by atoms with Crippen LogP contribution >= 0.6 is 11.3 Å². The predicted molar refractivity (Wildman–Crippen MR) is 75.0 cm³/mol. The molecule has 2 N–H and O–H groups in total. The van der Waals surface area contributed by atoms with E-state index in [9.17, 15) is 18.3 Å². The van der Waals surface area contributed by atoms with Crippen LogP contribution in [0, 0.1) is 6.92 Å². The van der Waals surface area contributed by atoms with Crippen molar-refractivity contribution in [3.05, 3.63) is 51.5 Å². The summed E-state index contributed by atoms with van der Waals surface area (Å²) in [4.78, 5) is 5.12. The van der Waals surface area contributed by atoms with E-state index in [4.69, 9.17) is 0 Å². The topological polar surface area (TPSA) is 45.2 Å². The molecular weight excluding hydrogens is 301 g/mol. The second-order valence-corrected chi connectivity index (χ2v) is 5.93. The molecule has 1 heterocycles. The van der Waals surface area contributed by atoms with Crippen molar-refractivity contribution in [3.8, 4) is 0 Å². The molecule has 0 radical (unpaired) electrons. The van der Waals surface area contributed by atoms with Crippen molar-refractivity contribution in [1.82, 2.24) is 10.3 Å². The van der Waals surface area contributed by atoms with Crippen LogP contribution < -0.4 is 5.32 Å². The number of alkyl halides is 3. The van der Waals surface area contributed by atoms with E-state index in [1.54, 1.807) is 6.20 Å². The van der Waals surface area contributed by atoms with Gasteiger partial charge in [0.2, 0.25) is 0 Å². The molecular formula is C14H15F3N2OS. The first kappa shape index (κ1) is 15.9. The van der Waals surface area contributed by atoms with E-state index in [1.807, 2.05) is 6.92 Å². The van der Waals surface area contributed by atoms with Gasteiger partial charge in [0.1, 0.15) is 0 Å². The molecule has 0 aliphatic carbocycles. The van der Waals surface area contributed by atoms with Crippen LogP contribution in [0.1, 0.15) is 27.1 Å². The van der Waals surface area contributed by atoms with Crippen molar-refractivity contribution in [1.29, 1.82) is 0 Å². The van der Waals surface area contributed by atoms with Gasteiger partial charge >= 0.3 is 6.18 Å². The number of halogens is 3. The summed E-state index contributed by atoms with van der Waals surface area (Å²) in [7, 11) is 0. The molecule has 0 aliphatic heterocycles. The molecule has 3 nitrogen and oxygen atoms in total. The normalized spacial score (nSPS) is 13.4. The van der Waals surface area contributed by atoms with Crippen LogP contribution in [0.4, 0.5) is 13.2 Å². The molecule has 0 aliphatic rings. The highest BCUT2D eigenvalue weighted by molar-refractivity contribution is 7.11. The van der Waals surface area contributed by atoms with Gasteiger partial charge in [-0.05, 0) is 24.6 Å². The zero-order valence-corrected chi connectivity index (χ0v) is 12.1. The van der Waals surface area contributed by atoms with Crippen molar-refractivity contribution in [2.75, 3.05) is 6.54 Å². The molecule has 2 aromatic rings. The fraction of sp³-hybridized carbons (Fsp3) is 0.357. The SMILES string of the molecule is Cc1ncc(CNCC(O)c2cccc(C(F)(F)F)c2)s1. The average molecular weight is 316 g/mol. The summed E-state index contributed by atoms with van der Waals surface area (Å²) in [6.07, 6.45) is -3.64. The Morgan fingerprint density at radius 3 is 2.76 bits per heavy atom.